The van der Waals surface area contributed by atoms with E-state index in [1.54, 1.807) is 55.5 Å². The van der Waals surface area contributed by atoms with Crippen LogP contribution in [-0.2, 0) is 0 Å². The number of aromatic carboxylic acids is 1. The van der Waals surface area contributed by atoms with E-state index >= 15 is 0 Å². The number of phenols is 4. The molecule has 0 fully saturated rings. The van der Waals surface area contributed by atoms with Crippen molar-refractivity contribution in [2.75, 3.05) is 0 Å². The Morgan fingerprint density at radius 3 is 1.65 bits per heavy atom. The molecule has 1 aliphatic rings. The Labute approximate surface area is 309 Å². The van der Waals surface area contributed by atoms with Crippen molar-refractivity contribution in [3.05, 3.63) is 108 Å². The van der Waals surface area contributed by atoms with Gasteiger partial charge >= 0.3 is 5.97 Å². The first-order valence-corrected chi connectivity index (χ1v) is 15.8. The number of aliphatic hydroxyl groups is 2. The van der Waals surface area contributed by atoms with E-state index in [0.717, 1.165) is 12.1 Å². The van der Waals surface area contributed by atoms with Crippen molar-refractivity contribution in [2.45, 2.75) is 13.0 Å². The van der Waals surface area contributed by atoms with Gasteiger partial charge in [-0.25, -0.2) is 9.79 Å². The third kappa shape index (κ3) is 8.99. The number of aliphatic imine (C=N–C) groups is 1. The molecule has 6 rings (SSSR count). The molecule has 1 aliphatic heterocycles. The first kappa shape index (κ1) is 36.6. The molecule has 1 heterocycles. The Bertz CT molecular complexity index is 2480. The number of rotatable bonds is 11. The van der Waals surface area contributed by atoms with Gasteiger partial charge in [-0.3, -0.25) is 0 Å². The molecule has 0 aromatic heterocycles. The number of benzene rings is 5. The van der Waals surface area contributed by atoms with Crippen LogP contribution in [-0.4, -0.2) is 65.3 Å². The predicted octanol–water partition coefficient (Wildman–Crippen LogP) is 9.89. The molecule has 1 atom stereocenters. The number of aliphatic hydroxyl groups excluding tert-OH is 2. The smallest absolute Gasteiger partial charge is 0.339 e. The zero-order chi connectivity index (χ0) is 39.1. The number of carbonyl (C=O) groups is 1. The van der Waals surface area contributed by atoms with Gasteiger partial charge in [-0.05, 0) is 91.9 Å². The maximum Gasteiger partial charge on any atom is 0.339 e. The van der Waals surface area contributed by atoms with Crippen molar-refractivity contribution in [2.24, 2.45) is 56.1 Å². The average molecular weight is 742 g/mol. The first-order chi connectivity index (χ1) is 26.4. The minimum atomic E-state index is -1.34. The van der Waals surface area contributed by atoms with Crippen LogP contribution in [0.5, 0.6) is 23.0 Å². The molecule has 55 heavy (non-hydrogen) atoms. The fraction of sp³-hybridized carbons (Fsp3) is 0.0556. The molecule has 7 N–H and O–H groups in total. The summed E-state index contributed by atoms with van der Waals surface area (Å²) >= 11 is 0. The Morgan fingerprint density at radius 1 is 0.527 bits per heavy atom. The van der Waals surface area contributed by atoms with E-state index in [1.807, 2.05) is 0 Å². The summed E-state index contributed by atoms with van der Waals surface area (Å²) in [7, 11) is 0. The van der Waals surface area contributed by atoms with E-state index < -0.39 is 29.3 Å². The Morgan fingerprint density at radius 2 is 1.04 bits per heavy atom. The SMILES string of the molecule is CC1=NN=C(O)C1N=Nc1ccc(N=C(O)c2ccc(N=Nc3cc(N=Nc4cc(N=Nc5ccc(O)c(C(=O)O)c5)ccc4O)c(O)cc3O)cc2)cc1. The topological polar surface area (TPSA) is 295 Å². The number of nitrogens with zero attached hydrogens (tertiary/aromatic N) is 11. The number of hydrogen-bond acceptors (Lipinski definition) is 16. The highest BCUT2D eigenvalue weighted by Gasteiger charge is 2.23. The molecule has 19 nitrogen and oxygen atoms in total. The fourth-order valence-electron chi connectivity index (χ4n) is 4.61. The summed E-state index contributed by atoms with van der Waals surface area (Å²) in [5.41, 5.74) is 1.94. The summed E-state index contributed by atoms with van der Waals surface area (Å²) in [6, 6.07) is 21.9. The van der Waals surface area contributed by atoms with Gasteiger partial charge in [0.25, 0.3) is 0 Å². The standard InChI is InChI=1S/C36H27N11O8/c1-18-33(35(53)47-38-18)46-40-22-8-6-20(7-9-22)37-34(52)19-2-4-21(5-3-19)39-43-27-16-28(32(51)17-31(27)50)45-44-26-15-24(11-13-30(26)49)42-41-23-10-12-29(48)25(14-23)36(54)55/h2-17,33,48-51H,1H3,(H,37,52)(H,47,53)(H,54,55). The van der Waals surface area contributed by atoms with Gasteiger partial charge in [0, 0.05) is 17.7 Å². The van der Waals surface area contributed by atoms with Crippen LogP contribution in [0.15, 0.2) is 153 Å². The van der Waals surface area contributed by atoms with Crippen LogP contribution in [0.1, 0.15) is 22.8 Å². The quantitative estimate of drug-likeness (QED) is 0.0387. The van der Waals surface area contributed by atoms with E-state index in [4.69, 9.17) is 0 Å². The van der Waals surface area contributed by atoms with Gasteiger partial charge in [0.2, 0.25) is 11.8 Å². The molecule has 0 amide bonds. The molecule has 19 heteroatoms. The normalized spacial score (nSPS) is 14.7. The number of carboxylic acids is 1. The van der Waals surface area contributed by atoms with Gasteiger partial charge in [0.15, 0.2) is 6.04 Å². The molecule has 0 spiro atoms. The lowest BCUT2D eigenvalue weighted by atomic mass is 10.2. The summed E-state index contributed by atoms with van der Waals surface area (Å²) in [6.45, 7) is 1.68. The predicted molar refractivity (Wildman–Crippen MR) is 199 cm³/mol. The van der Waals surface area contributed by atoms with Crippen molar-refractivity contribution in [1.29, 1.82) is 0 Å². The monoisotopic (exact) mass is 741 g/mol. The van der Waals surface area contributed by atoms with Gasteiger partial charge in [-0.2, -0.15) is 30.7 Å². The van der Waals surface area contributed by atoms with E-state index in [-0.39, 0.29) is 51.5 Å². The van der Waals surface area contributed by atoms with Crippen LogP contribution in [0, 0.1) is 0 Å². The summed E-state index contributed by atoms with van der Waals surface area (Å²) in [5.74, 6) is -3.40. The average Bonchev–Trinajstić information content (AvgIpc) is 3.50. The van der Waals surface area contributed by atoms with Gasteiger partial charge in [0.1, 0.15) is 45.6 Å². The molecule has 0 saturated heterocycles. The van der Waals surface area contributed by atoms with Crippen LogP contribution in [0.2, 0.25) is 0 Å². The van der Waals surface area contributed by atoms with Crippen molar-refractivity contribution in [3.8, 4) is 23.0 Å². The number of phenolic OH excluding ortho intramolecular Hbond substituents is 3. The second-order valence-corrected chi connectivity index (χ2v) is 11.4. The van der Waals surface area contributed by atoms with Gasteiger partial charge in [-0.15, -0.1) is 20.4 Å². The molecule has 5 aromatic carbocycles. The maximum atomic E-state index is 11.3. The lowest BCUT2D eigenvalue weighted by Gasteiger charge is -2.04. The molecule has 0 saturated carbocycles. The second-order valence-electron chi connectivity index (χ2n) is 11.4. The first-order valence-electron chi connectivity index (χ1n) is 15.8. The lowest BCUT2D eigenvalue weighted by molar-refractivity contribution is 0.0693. The summed E-state index contributed by atoms with van der Waals surface area (Å²) in [5, 5.41) is 110. The number of azo groups is 4. The summed E-state index contributed by atoms with van der Waals surface area (Å²) in [6.07, 6.45) is 0. The van der Waals surface area contributed by atoms with Gasteiger partial charge in [0.05, 0.1) is 34.1 Å². The summed E-state index contributed by atoms with van der Waals surface area (Å²) in [4.78, 5) is 15.5. The minimum absolute atomic E-state index is 0.0578. The zero-order valence-corrected chi connectivity index (χ0v) is 28.3. The van der Waals surface area contributed by atoms with E-state index in [2.05, 4.69) is 56.1 Å². The highest BCUT2D eigenvalue weighted by atomic mass is 16.4. The van der Waals surface area contributed by atoms with Gasteiger partial charge < -0.3 is 35.7 Å². The molecule has 0 bridgehead atoms. The van der Waals surface area contributed by atoms with E-state index in [9.17, 15) is 40.5 Å². The maximum absolute atomic E-state index is 11.3. The van der Waals surface area contributed by atoms with Crippen molar-refractivity contribution in [3.63, 3.8) is 0 Å². The van der Waals surface area contributed by atoms with Crippen LogP contribution >= 0.6 is 0 Å². The molecule has 1 unspecified atom stereocenters. The molecular weight excluding hydrogens is 714 g/mol. The number of aromatic hydroxyl groups is 4. The van der Waals surface area contributed by atoms with Crippen LogP contribution in [0.25, 0.3) is 0 Å². The second kappa shape index (κ2) is 16.0. The Balaban J connectivity index is 1.11. The van der Waals surface area contributed by atoms with E-state index in [1.165, 1.54) is 36.4 Å². The third-order valence-corrected chi connectivity index (χ3v) is 7.51. The minimum Gasteiger partial charge on any atom is -0.507 e. The van der Waals surface area contributed by atoms with Crippen LogP contribution in [0.3, 0.4) is 0 Å². The van der Waals surface area contributed by atoms with E-state index in [0.29, 0.717) is 28.3 Å². The Hall–Kier alpha value is -8.22. The molecular formula is C36H27N11O8. The summed E-state index contributed by atoms with van der Waals surface area (Å²) < 4.78 is 0. The zero-order valence-electron chi connectivity index (χ0n) is 28.3. The molecule has 0 radical (unpaired) electrons. The largest absolute Gasteiger partial charge is 0.507 e. The van der Waals surface area contributed by atoms with Crippen molar-refractivity contribution >= 4 is 69.0 Å². The fourth-order valence-corrected chi connectivity index (χ4v) is 4.61. The number of hydrogen-bond donors (Lipinski definition) is 7. The molecule has 0 aliphatic carbocycles. The van der Waals surface area contributed by atoms with Crippen molar-refractivity contribution in [1.82, 2.24) is 0 Å². The van der Waals surface area contributed by atoms with Crippen molar-refractivity contribution < 1.29 is 40.5 Å². The highest BCUT2D eigenvalue weighted by Crippen LogP contribution is 2.41. The number of carboxylic acid groups (broad SMARTS) is 1. The molecule has 5 aromatic rings. The van der Waals surface area contributed by atoms with Crippen LogP contribution < -0.4 is 0 Å². The van der Waals surface area contributed by atoms with Crippen LogP contribution in [0.4, 0.5) is 45.5 Å². The van der Waals surface area contributed by atoms with Gasteiger partial charge in [-0.1, -0.05) is 0 Å². The molecule has 274 valence electrons. The Kier molecular flexibility index (Phi) is 10.6. The third-order valence-electron chi connectivity index (χ3n) is 7.51. The highest BCUT2D eigenvalue weighted by molar-refractivity contribution is 6.09. The lowest BCUT2D eigenvalue weighted by Crippen LogP contribution is -2.21.